The molecule has 0 aliphatic rings. The molecular formula is C9H11N5O. The minimum atomic E-state index is -0.0874. The molecule has 0 saturated carbocycles. The van der Waals surface area contributed by atoms with Gasteiger partial charge in [0.1, 0.15) is 12.2 Å². The number of aromatic nitrogens is 5. The van der Waals surface area contributed by atoms with Gasteiger partial charge in [0.15, 0.2) is 0 Å². The SMILES string of the molecule is CCn1ncnc1Cn1cnccc1=O. The molecule has 2 heterocycles. The van der Waals surface area contributed by atoms with Crippen molar-refractivity contribution < 1.29 is 0 Å². The number of hydrogen-bond donors (Lipinski definition) is 0. The average Bonchev–Trinajstić information content (AvgIpc) is 2.69. The van der Waals surface area contributed by atoms with E-state index in [9.17, 15) is 4.79 Å². The van der Waals surface area contributed by atoms with Crippen LogP contribution in [0.2, 0.25) is 0 Å². The van der Waals surface area contributed by atoms with Crippen LogP contribution >= 0.6 is 0 Å². The van der Waals surface area contributed by atoms with Crippen LogP contribution in [0.5, 0.6) is 0 Å². The van der Waals surface area contributed by atoms with Gasteiger partial charge in [-0.05, 0) is 6.92 Å². The molecule has 0 atom stereocenters. The topological polar surface area (TPSA) is 65.6 Å². The first-order valence-corrected chi connectivity index (χ1v) is 4.68. The predicted molar refractivity (Wildman–Crippen MR) is 53.3 cm³/mol. The lowest BCUT2D eigenvalue weighted by Crippen LogP contribution is -2.21. The van der Waals surface area contributed by atoms with Gasteiger partial charge in [-0.2, -0.15) is 5.10 Å². The van der Waals surface area contributed by atoms with Crippen molar-refractivity contribution in [2.75, 3.05) is 0 Å². The maximum atomic E-state index is 11.4. The normalized spacial score (nSPS) is 10.5. The minimum absolute atomic E-state index is 0.0874. The van der Waals surface area contributed by atoms with Crippen LogP contribution in [0.1, 0.15) is 12.7 Å². The summed E-state index contributed by atoms with van der Waals surface area (Å²) in [7, 11) is 0. The van der Waals surface area contributed by atoms with Crippen LogP contribution in [0.4, 0.5) is 0 Å². The Morgan fingerprint density at radius 2 is 2.33 bits per heavy atom. The van der Waals surface area contributed by atoms with Gasteiger partial charge in [-0.25, -0.2) is 14.6 Å². The molecule has 2 aromatic rings. The van der Waals surface area contributed by atoms with E-state index in [1.807, 2.05) is 6.92 Å². The minimum Gasteiger partial charge on any atom is -0.292 e. The van der Waals surface area contributed by atoms with E-state index in [0.29, 0.717) is 6.54 Å². The molecule has 78 valence electrons. The highest BCUT2D eigenvalue weighted by Gasteiger charge is 2.03. The van der Waals surface area contributed by atoms with E-state index < -0.39 is 0 Å². The Morgan fingerprint density at radius 1 is 1.47 bits per heavy atom. The van der Waals surface area contributed by atoms with Crippen molar-refractivity contribution in [1.29, 1.82) is 0 Å². The Labute approximate surface area is 86.2 Å². The molecule has 0 unspecified atom stereocenters. The van der Waals surface area contributed by atoms with Gasteiger partial charge in [0.25, 0.3) is 5.56 Å². The van der Waals surface area contributed by atoms with Crippen LogP contribution < -0.4 is 5.56 Å². The van der Waals surface area contributed by atoms with Gasteiger partial charge in [-0.15, -0.1) is 0 Å². The van der Waals surface area contributed by atoms with Crippen molar-refractivity contribution in [3.8, 4) is 0 Å². The third-order valence-corrected chi connectivity index (χ3v) is 2.10. The average molecular weight is 205 g/mol. The Hall–Kier alpha value is -1.98. The van der Waals surface area contributed by atoms with Gasteiger partial charge < -0.3 is 0 Å². The highest BCUT2D eigenvalue weighted by atomic mass is 16.1. The second kappa shape index (κ2) is 4.04. The molecule has 0 amide bonds. The molecule has 15 heavy (non-hydrogen) atoms. The number of nitrogens with zero attached hydrogens (tertiary/aromatic N) is 5. The number of rotatable bonds is 3. The fourth-order valence-electron chi connectivity index (χ4n) is 1.32. The Balaban J connectivity index is 2.30. The van der Waals surface area contributed by atoms with Gasteiger partial charge >= 0.3 is 0 Å². The molecule has 0 spiro atoms. The van der Waals surface area contributed by atoms with Crippen molar-refractivity contribution in [3.05, 3.63) is 41.1 Å². The number of aryl methyl sites for hydroxylation is 1. The molecule has 6 nitrogen and oxygen atoms in total. The van der Waals surface area contributed by atoms with Crippen molar-refractivity contribution in [3.63, 3.8) is 0 Å². The standard InChI is InChI=1S/C9H11N5O/c1-2-14-8(11-6-12-14)5-13-7-10-4-3-9(13)15/h3-4,6-7H,2,5H2,1H3. The zero-order valence-electron chi connectivity index (χ0n) is 8.37. The van der Waals surface area contributed by atoms with Gasteiger partial charge in [-0.1, -0.05) is 0 Å². The van der Waals surface area contributed by atoms with Crippen molar-refractivity contribution in [2.24, 2.45) is 0 Å². The predicted octanol–water partition coefficient (Wildman–Crippen LogP) is -0.0970. The maximum Gasteiger partial charge on any atom is 0.253 e. The highest BCUT2D eigenvalue weighted by Crippen LogP contribution is 1.95. The molecule has 0 aromatic carbocycles. The van der Waals surface area contributed by atoms with E-state index >= 15 is 0 Å². The van der Waals surface area contributed by atoms with Gasteiger partial charge in [-0.3, -0.25) is 9.36 Å². The third-order valence-electron chi connectivity index (χ3n) is 2.10. The van der Waals surface area contributed by atoms with E-state index in [2.05, 4.69) is 15.1 Å². The zero-order chi connectivity index (χ0) is 10.7. The summed E-state index contributed by atoms with van der Waals surface area (Å²) in [4.78, 5) is 19.4. The largest absolute Gasteiger partial charge is 0.292 e. The first-order chi connectivity index (χ1) is 7.31. The maximum absolute atomic E-state index is 11.4. The third kappa shape index (κ3) is 1.93. The Morgan fingerprint density at radius 3 is 3.07 bits per heavy atom. The molecule has 0 fully saturated rings. The van der Waals surface area contributed by atoms with Gasteiger partial charge in [0, 0.05) is 18.8 Å². The van der Waals surface area contributed by atoms with Crippen LogP contribution in [-0.2, 0) is 13.1 Å². The van der Waals surface area contributed by atoms with E-state index in [1.165, 1.54) is 29.5 Å². The summed E-state index contributed by atoms with van der Waals surface area (Å²) < 4.78 is 3.25. The van der Waals surface area contributed by atoms with E-state index in [4.69, 9.17) is 0 Å². The summed E-state index contributed by atoms with van der Waals surface area (Å²) in [5.74, 6) is 0.757. The molecule has 2 aromatic heterocycles. The Bertz CT molecular complexity index is 501. The van der Waals surface area contributed by atoms with E-state index in [-0.39, 0.29) is 5.56 Å². The van der Waals surface area contributed by atoms with Crippen LogP contribution in [-0.4, -0.2) is 24.3 Å². The smallest absolute Gasteiger partial charge is 0.253 e. The summed E-state index contributed by atoms with van der Waals surface area (Å²) in [6.45, 7) is 3.12. The van der Waals surface area contributed by atoms with Crippen molar-refractivity contribution >= 4 is 0 Å². The summed E-state index contributed by atoms with van der Waals surface area (Å²) in [5, 5.41) is 4.03. The van der Waals surface area contributed by atoms with Gasteiger partial charge in [0.05, 0.1) is 12.9 Å². The lowest BCUT2D eigenvalue weighted by Gasteiger charge is -2.04. The zero-order valence-corrected chi connectivity index (χ0v) is 8.37. The number of hydrogen-bond acceptors (Lipinski definition) is 4. The van der Waals surface area contributed by atoms with E-state index in [1.54, 1.807) is 4.68 Å². The second-order valence-corrected chi connectivity index (χ2v) is 3.04. The lowest BCUT2D eigenvalue weighted by atomic mass is 10.5. The summed E-state index contributed by atoms with van der Waals surface area (Å²) in [6, 6.07) is 1.42. The van der Waals surface area contributed by atoms with Crippen molar-refractivity contribution in [2.45, 2.75) is 20.0 Å². The molecule has 0 N–H and O–H groups in total. The summed E-state index contributed by atoms with van der Waals surface area (Å²) in [6.07, 6.45) is 4.46. The summed E-state index contributed by atoms with van der Waals surface area (Å²) >= 11 is 0. The molecular weight excluding hydrogens is 194 g/mol. The second-order valence-electron chi connectivity index (χ2n) is 3.04. The first kappa shape index (κ1) is 9.57. The molecule has 6 heteroatoms. The molecule has 0 saturated heterocycles. The molecule has 0 aliphatic carbocycles. The fraction of sp³-hybridized carbons (Fsp3) is 0.333. The van der Waals surface area contributed by atoms with Crippen LogP contribution in [0.3, 0.4) is 0 Å². The van der Waals surface area contributed by atoms with E-state index in [0.717, 1.165) is 12.4 Å². The summed E-state index contributed by atoms with van der Waals surface area (Å²) in [5.41, 5.74) is -0.0874. The van der Waals surface area contributed by atoms with Gasteiger partial charge in [0.2, 0.25) is 0 Å². The van der Waals surface area contributed by atoms with Crippen LogP contribution in [0.15, 0.2) is 29.7 Å². The molecule has 0 aliphatic heterocycles. The van der Waals surface area contributed by atoms with Crippen LogP contribution in [0.25, 0.3) is 0 Å². The highest BCUT2D eigenvalue weighted by molar-refractivity contribution is 4.90. The Kier molecular flexibility index (Phi) is 2.57. The van der Waals surface area contributed by atoms with Crippen molar-refractivity contribution in [1.82, 2.24) is 24.3 Å². The van der Waals surface area contributed by atoms with Crippen LogP contribution in [0, 0.1) is 0 Å². The monoisotopic (exact) mass is 205 g/mol. The fourth-order valence-corrected chi connectivity index (χ4v) is 1.32. The molecule has 0 radical (unpaired) electrons. The lowest BCUT2D eigenvalue weighted by molar-refractivity contribution is 0.582. The molecule has 0 bridgehead atoms. The first-order valence-electron chi connectivity index (χ1n) is 4.68. The quantitative estimate of drug-likeness (QED) is 0.702. The molecule has 2 rings (SSSR count).